The average Bonchev–Trinajstić information content (AvgIpc) is 2.55. The van der Waals surface area contributed by atoms with Crippen molar-refractivity contribution in [2.45, 2.75) is 25.1 Å². The molecule has 106 valence electrons. The minimum atomic E-state index is -0.0297. The molecule has 2 unspecified atom stereocenters. The van der Waals surface area contributed by atoms with Crippen molar-refractivity contribution in [3.63, 3.8) is 0 Å². The molecule has 0 aliphatic heterocycles. The van der Waals surface area contributed by atoms with E-state index in [1.807, 2.05) is 6.07 Å². The van der Waals surface area contributed by atoms with Crippen molar-refractivity contribution in [1.82, 2.24) is 0 Å². The molecule has 1 heteroatoms. The van der Waals surface area contributed by atoms with Crippen LogP contribution in [0.1, 0.15) is 34.9 Å². The number of halogens is 1. The maximum Gasteiger partial charge on any atom is 0.0657 e. The van der Waals surface area contributed by atoms with Gasteiger partial charge in [-0.3, -0.25) is 0 Å². The van der Waals surface area contributed by atoms with Gasteiger partial charge in [0, 0.05) is 5.92 Å². The number of hydrogen-bond acceptors (Lipinski definition) is 0. The van der Waals surface area contributed by atoms with E-state index in [0.717, 1.165) is 0 Å². The van der Waals surface area contributed by atoms with Crippen molar-refractivity contribution in [3.8, 4) is 0 Å². The lowest BCUT2D eigenvalue weighted by molar-refractivity contribution is 0.736. The Bertz CT molecular complexity index is 746. The van der Waals surface area contributed by atoms with Crippen molar-refractivity contribution in [1.29, 1.82) is 0 Å². The van der Waals surface area contributed by atoms with Gasteiger partial charge in [0.05, 0.1) is 5.38 Å². The van der Waals surface area contributed by atoms with E-state index in [9.17, 15) is 0 Å². The van der Waals surface area contributed by atoms with Crippen molar-refractivity contribution in [3.05, 3.63) is 83.4 Å². The summed E-state index contributed by atoms with van der Waals surface area (Å²) < 4.78 is 0. The molecular weight excluding hydrogens is 276 g/mol. The lowest BCUT2D eigenvalue weighted by Crippen LogP contribution is -2.03. The molecule has 0 amide bonds. The summed E-state index contributed by atoms with van der Waals surface area (Å²) in [6, 6.07) is 23.3. The van der Waals surface area contributed by atoms with Gasteiger partial charge in [0.2, 0.25) is 0 Å². The monoisotopic (exact) mass is 294 g/mol. The van der Waals surface area contributed by atoms with Crippen molar-refractivity contribution >= 4 is 22.4 Å². The van der Waals surface area contributed by atoms with Gasteiger partial charge >= 0.3 is 0 Å². The summed E-state index contributed by atoms with van der Waals surface area (Å²) in [5, 5.41) is 2.53. The van der Waals surface area contributed by atoms with Gasteiger partial charge in [0.15, 0.2) is 0 Å². The summed E-state index contributed by atoms with van der Waals surface area (Å²) >= 11 is 6.82. The molecule has 0 aliphatic carbocycles. The molecule has 3 aromatic rings. The van der Waals surface area contributed by atoms with E-state index in [-0.39, 0.29) is 11.3 Å². The summed E-state index contributed by atoms with van der Waals surface area (Å²) in [7, 11) is 0. The summed E-state index contributed by atoms with van der Waals surface area (Å²) in [6.45, 7) is 4.34. The second-order valence-electron chi connectivity index (χ2n) is 5.62. The van der Waals surface area contributed by atoms with Crippen molar-refractivity contribution in [2.75, 3.05) is 0 Å². The maximum absolute atomic E-state index is 6.82. The molecule has 0 nitrogen and oxygen atoms in total. The average molecular weight is 295 g/mol. The zero-order valence-electron chi connectivity index (χ0n) is 12.4. The van der Waals surface area contributed by atoms with Crippen LogP contribution in [0.3, 0.4) is 0 Å². The first-order valence-electron chi connectivity index (χ1n) is 7.35. The fraction of sp³-hybridized carbons (Fsp3) is 0.200. The van der Waals surface area contributed by atoms with Crippen LogP contribution in [0.4, 0.5) is 0 Å². The van der Waals surface area contributed by atoms with Gasteiger partial charge in [0.1, 0.15) is 0 Å². The highest BCUT2D eigenvalue weighted by Crippen LogP contribution is 2.39. The highest BCUT2D eigenvalue weighted by molar-refractivity contribution is 6.22. The van der Waals surface area contributed by atoms with Gasteiger partial charge in [0.25, 0.3) is 0 Å². The zero-order chi connectivity index (χ0) is 14.8. The fourth-order valence-electron chi connectivity index (χ4n) is 2.91. The van der Waals surface area contributed by atoms with Crippen LogP contribution in [0.15, 0.2) is 66.7 Å². The lowest BCUT2D eigenvalue weighted by Gasteiger charge is -2.21. The van der Waals surface area contributed by atoms with Gasteiger partial charge in [-0.05, 0) is 34.4 Å². The van der Waals surface area contributed by atoms with E-state index >= 15 is 0 Å². The smallest absolute Gasteiger partial charge is 0.0657 e. The number of rotatable bonds is 3. The molecule has 0 radical (unpaired) electrons. The molecule has 0 heterocycles. The SMILES string of the molecule is Cc1ccc(C(Cl)C(C)c2ccccc2)c2ccccc12. The Hall–Kier alpha value is -1.79. The second-order valence-corrected chi connectivity index (χ2v) is 6.09. The predicted molar refractivity (Wildman–Crippen MR) is 92.1 cm³/mol. The largest absolute Gasteiger partial charge is 0.117 e. The zero-order valence-corrected chi connectivity index (χ0v) is 13.1. The molecule has 0 bridgehead atoms. The first kappa shape index (κ1) is 14.2. The fourth-order valence-corrected chi connectivity index (χ4v) is 3.24. The molecule has 3 aromatic carbocycles. The quantitative estimate of drug-likeness (QED) is 0.502. The lowest BCUT2D eigenvalue weighted by atomic mass is 9.89. The van der Waals surface area contributed by atoms with Gasteiger partial charge in [-0.1, -0.05) is 73.7 Å². The van der Waals surface area contributed by atoms with Crippen LogP contribution < -0.4 is 0 Å². The third-order valence-corrected chi connectivity index (χ3v) is 4.85. The van der Waals surface area contributed by atoms with Crippen LogP contribution in [0.2, 0.25) is 0 Å². The van der Waals surface area contributed by atoms with Crippen LogP contribution in [-0.2, 0) is 0 Å². The van der Waals surface area contributed by atoms with Gasteiger partial charge in [-0.2, -0.15) is 0 Å². The second kappa shape index (κ2) is 5.91. The number of alkyl halides is 1. The number of aryl methyl sites for hydroxylation is 1. The van der Waals surface area contributed by atoms with Gasteiger partial charge < -0.3 is 0 Å². The van der Waals surface area contributed by atoms with Crippen LogP contribution >= 0.6 is 11.6 Å². The normalized spacial score (nSPS) is 14.0. The van der Waals surface area contributed by atoms with Gasteiger partial charge in [-0.25, -0.2) is 0 Å². The Morgan fingerprint density at radius 3 is 2.10 bits per heavy atom. The number of benzene rings is 3. The first-order valence-corrected chi connectivity index (χ1v) is 7.79. The molecule has 0 saturated heterocycles. The highest BCUT2D eigenvalue weighted by atomic mass is 35.5. The van der Waals surface area contributed by atoms with Crippen LogP contribution in [0, 0.1) is 6.92 Å². The Morgan fingerprint density at radius 2 is 1.38 bits per heavy atom. The van der Waals surface area contributed by atoms with Crippen molar-refractivity contribution in [2.24, 2.45) is 0 Å². The third-order valence-electron chi connectivity index (χ3n) is 4.24. The van der Waals surface area contributed by atoms with E-state index in [4.69, 9.17) is 11.6 Å². The Kier molecular flexibility index (Phi) is 3.98. The van der Waals surface area contributed by atoms with Crippen LogP contribution in [-0.4, -0.2) is 0 Å². The number of fused-ring (bicyclic) bond motifs is 1. The molecule has 2 atom stereocenters. The summed E-state index contributed by atoms with van der Waals surface area (Å²) in [4.78, 5) is 0. The minimum Gasteiger partial charge on any atom is -0.117 e. The van der Waals surface area contributed by atoms with E-state index in [2.05, 4.69) is 74.5 Å². The van der Waals surface area contributed by atoms with Crippen molar-refractivity contribution < 1.29 is 0 Å². The predicted octanol–water partition coefficient (Wildman–Crippen LogP) is 6.23. The molecule has 0 spiro atoms. The van der Waals surface area contributed by atoms with Crippen LogP contribution in [0.25, 0.3) is 10.8 Å². The maximum atomic E-state index is 6.82. The topological polar surface area (TPSA) is 0 Å². The molecule has 0 N–H and O–H groups in total. The standard InChI is InChI=1S/C20H19Cl/c1-14-12-13-19(18-11-7-6-10-17(14)18)20(21)15(2)16-8-4-3-5-9-16/h3-13,15,20H,1-2H3. The number of hydrogen-bond donors (Lipinski definition) is 0. The summed E-state index contributed by atoms with van der Waals surface area (Å²) in [5.41, 5.74) is 3.79. The third kappa shape index (κ3) is 2.69. The molecular formula is C20H19Cl. The summed E-state index contributed by atoms with van der Waals surface area (Å²) in [5.74, 6) is 0.277. The van der Waals surface area contributed by atoms with E-state index < -0.39 is 0 Å². The van der Waals surface area contributed by atoms with Crippen LogP contribution in [0.5, 0.6) is 0 Å². The molecule has 3 rings (SSSR count). The molecule has 0 aromatic heterocycles. The Morgan fingerprint density at radius 1 is 0.762 bits per heavy atom. The summed E-state index contributed by atoms with van der Waals surface area (Å²) in [6.07, 6.45) is 0. The Balaban J connectivity index is 2.06. The minimum absolute atomic E-state index is 0.0297. The first-order chi connectivity index (χ1) is 10.2. The van der Waals surface area contributed by atoms with E-state index in [1.54, 1.807) is 0 Å². The molecule has 0 fully saturated rings. The van der Waals surface area contributed by atoms with E-state index in [1.165, 1.54) is 27.5 Å². The van der Waals surface area contributed by atoms with E-state index in [0.29, 0.717) is 0 Å². The molecule has 0 aliphatic rings. The Labute approximate surface area is 131 Å². The molecule has 21 heavy (non-hydrogen) atoms. The highest BCUT2D eigenvalue weighted by Gasteiger charge is 2.20. The van der Waals surface area contributed by atoms with Gasteiger partial charge in [-0.15, -0.1) is 11.6 Å². The molecule has 0 saturated carbocycles.